The van der Waals surface area contributed by atoms with Gasteiger partial charge in [-0.15, -0.1) is 0 Å². The van der Waals surface area contributed by atoms with Crippen LogP contribution in [0, 0.1) is 0 Å². The molecule has 0 fully saturated rings. The van der Waals surface area contributed by atoms with Crippen LogP contribution in [0.15, 0.2) is 30.3 Å². The summed E-state index contributed by atoms with van der Waals surface area (Å²) in [4.78, 5) is 4.22. The molecule has 94 valence electrons. The number of pyridine rings is 1. The predicted octanol–water partition coefficient (Wildman–Crippen LogP) is 5.83. The van der Waals surface area contributed by atoms with Crippen molar-refractivity contribution in [1.82, 2.24) is 4.98 Å². The number of hydrogen-bond donors (Lipinski definition) is 0. The average molecular weight is 301 g/mol. The molecule has 0 aliphatic heterocycles. The number of nitrogens with zero attached hydrogens (tertiary/aromatic N) is 1. The maximum Gasteiger partial charge on any atom is 0.148 e. The van der Waals surface area contributed by atoms with Crippen LogP contribution in [0.25, 0.3) is 11.3 Å². The third-order valence-electron chi connectivity index (χ3n) is 2.74. The maximum absolute atomic E-state index is 6.13. The van der Waals surface area contributed by atoms with E-state index in [-0.39, 0.29) is 5.15 Å². The molecule has 0 unspecified atom stereocenters. The number of benzene rings is 1. The molecule has 2 aromatic rings. The molecule has 0 aliphatic carbocycles. The van der Waals surface area contributed by atoms with Gasteiger partial charge in [0.15, 0.2) is 0 Å². The molecule has 1 nitrogen and oxygen atoms in total. The second kappa shape index (κ2) is 5.48. The van der Waals surface area contributed by atoms with E-state index in [4.69, 9.17) is 34.8 Å². The third kappa shape index (κ3) is 2.80. The largest absolute Gasteiger partial charge is 0.233 e. The summed E-state index contributed by atoms with van der Waals surface area (Å²) in [5.41, 5.74) is 2.86. The van der Waals surface area contributed by atoms with Crippen molar-refractivity contribution in [2.45, 2.75) is 19.8 Å². The summed E-state index contributed by atoms with van der Waals surface area (Å²) in [6.45, 7) is 4.30. The van der Waals surface area contributed by atoms with E-state index in [1.54, 1.807) is 6.07 Å². The van der Waals surface area contributed by atoms with E-state index >= 15 is 0 Å². The summed E-state index contributed by atoms with van der Waals surface area (Å²) in [5.74, 6) is 0.497. The van der Waals surface area contributed by atoms with E-state index in [0.29, 0.717) is 21.7 Å². The van der Waals surface area contributed by atoms with Gasteiger partial charge in [0.05, 0.1) is 15.7 Å². The maximum atomic E-state index is 6.13. The highest BCUT2D eigenvalue weighted by molar-refractivity contribution is 6.42. The minimum atomic E-state index is 0.268. The Bertz CT molecular complexity index is 562. The average Bonchev–Trinajstić information content (AvgIpc) is 2.34. The van der Waals surface area contributed by atoms with Gasteiger partial charge in [0, 0.05) is 5.56 Å². The molecular weight excluding hydrogens is 289 g/mol. The van der Waals surface area contributed by atoms with Gasteiger partial charge in [-0.3, -0.25) is 0 Å². The summed E-state index contributed by atoms with van der Waals surface area (Å²) in [6, 6.07) is 9.74. The zero-order chi connectivity index (χ0) is 13.3. The highest BCUT2D eigenvalue weighted by Gasteiger charge is 2.10. The van der Waals surface area contributed by atoms with Gasteiger partial charge in [0.2, 0.25) is 0 Å². The smallest absolute Gasteiger partial charge is 0.148 e. The highest BCUT2D eigenvalue weighted by Crippen LogP contribution is 2.32. The first-order chi connectivity index (χ1) is 8.49. The highest BCUT2D eigenvalue weighted by atomic mass is 35.5. The van der Waals surface area contributed by atoms with Gasteiger partial charge in [-0.25, -0.2) is 4.98 Å². The van der Waals surface area contributed by atoms with E-state index in [1.807, 2.05) is 12.1 Å². The lowest BCUT2D eigenvalue weighted by Crippen LogP contribution is -1.90. The standard InChI is InChI=1S/C14H12Cl3N/c1-8(2)9-3-5-10(6-4-9)13-11(15)7-12(16)14(17)18-13/h3-8H,1-2H3. The molecule has 1 heterocycles. The molecule has 0 spiro atoms. The van der Waals surface area contributed by atoms with Crippen molar-refractivity contribution in [1.29, 1.82) is 0 Å². The Labute approximate surface area is 122 Å². The van der Waals surface area contributed by atoms with Crippen LogP contribution in [-0.2, 0) is 0 Å². The minimum Gasteiger partial charge on any atom is -0.233 e. The molecule has 0 saturated carbocycles. The summed E-state index contributed by atoms with van der Waals surface area (Å²) in [5, 5.41) is 1.13. The Hall–Kier alpha value is -0.760. The zero-order valence-corrected chi connectivity index (χ0v) is 12.3. The second-order valence-corrected chi connectivity index (χ2v) is 5.54. The first-order valence-electron chi connectivity index (χ1n) is 5.61. The van der Waals surface area contributed by atoms with Crippen LogP contribution in [0.1, 0.15) is 25.3 Å². The van der Waals surface area contributed by atoms with Crippen molar-refractivity contribution in [3.8, 4) is 11.3 Å². The van der Waals surface area contributed by atoms with Crippen LogP contribution in [0.5, 0.6) is 0 Å². The molecule has 0 saturated heterocycles. The van der Waals surface area contributed by atoms with Gasteiger partial charge in [-0.2, -0.15) is 0 Å². The van der Waals surface area contributed by atoms with E-state index in [9.17, 15) is 0 Å². The Morgan fingerprint density at radius 1 is 0.944 bits per heavy atom. The van der Waals surface area contributed by atoms with E-state index < -0.39 is 0 Å². The molecule has 0 atom stereocenters. The molecular formula is C14H12Cl3N. The molecule has 0 N–H and O–H groups in total. The van der Waals surface area contributed by atoms with E-state index in [0.717, 1.165) is 5.56 Å². The molecule has 1 aromatic carbocycles. The van der Waals surface area contributed by atoms with Crippen molar-refractivity contribution in [2.24, 2.45) is 0 Å². The second-order valence-electron chi connectivity index (χ2n) is 4.37. The van der Waals surface area contributed by atoms with Crippen LogP contribution in [0.4, 0.5) is 0 Å². The molecule has 1 aromatic heterocycles. The van der Waals surface area contributed by atoms with Gasteiger partial charge in [0.1, 0.15) is 5.15 Å². The van der Waals surface area contributed by atoms with E-state index in [2.05, 4.69) is 31.0 Å². The lowest BCUT2D eigenvalue weighted by molar-refractivity contribution is 0.867. The quantitative estimate of drug-likeness (QED) is 0.636. The first kappa shape index (κ1) is 13.7. The summed E-state index contributed by atoms with van der Waals surface area (Å²) < 4.78 is 0. The SMILES string of the molecule is CC(C)c1ccc(-c2nc(Cl)c(Cl)cc2Cl)cc1. The molecule has 0 radical (unpaired) electrons. The third-order valence-corrected chi connectivity index (χ3v) is 3.70. The fraction of sp³-hybridized carbons (Fsp3) is 0.214. The van der Waals surface area contributed by atoms with Gasteiger partial charge in [-0.1, -0.05) is 72.9 Å². The molecule has 0 amide bonds. The van der Waals surface area contributed by atoms with Crippen molar-refractivity contribution in [3.63, 3.8) is 0 Å². The fourth-order valence-corrected chi connectivity index (χ4v) is 2.28. The molecule has 0 aliphatic rings. The van der Waals surface area contributed by atoms with Crippen LogP contribution in [0.3, 0.4) is 0 Å². The topological polar surface area (TPSA) is 12.9 Å². The Balaban J connectivity index is 2.46. The van der Waals surface area contributed by atoms with Crippen molar-refractivity contribution in [2.75, 3.05) is 0 Å². The van der Waals surface area contributed by atoms with Crippen LogP contribution in [0.2, 0.25) is 15.2 Å². The Morgan fingerprint density at radius 2 is 1.56 bits per heavy atom. The van der Waals surface area contributed by atoms with Gasteiger partial charge < -0.3 is 0 Å². The Morgan fingerprint density at radius 3 is 2.11 bits per heavy atom. The summed E-state index contributed by atoms with van der Waals surface area (Å²) >= 11 is 17.9. The monoisotopic (exact) mass is 299 g/mol. The van der Waals surface area contributed by atoms with E-state index in [1.165, 1.54) is 5.56 Å². The molecule has 4 heteroatoms. The molecule has 2 rings (SSSR count). The zero-order valence-electron chi connectivity index (χ0n) is 10.0. The van der Waals surface area contributed by atoms with Crippen molar-refractivity contribution < 1.29 is 0 Å². The number of halogens is 3. The normalized spacial score (nSPS) is 11.0. The predicted molar refractivity (Wildman–Crippen MR) is 78.8 cm³/mol. The van der Waals surface area contributed by atoms with Crippen LogP contribution < -0.4 is 0 Å². The Kier molecular flexibility index (Phi) is 4.16. The van der Waals surface area contributed by atoms with Crippen molar-refractivity contribution >= 4 is 34.8 Å². The minimum absolute atomic E-state index is 0.268. The lowest BCUT2D eigenvalue weighted by Gasteiger charge is -2.08. The summed E-state index contributed by atoms with van der Waals surface area (Å²) in [6.07, 6.45) is 0. The molecule has 18 heavy (non-hydrogen) atoms. The van der Waals surface area contributed by atoms with Crippen molar-refractivity contribution in [3.05, 3.63) is 51.1 Å². The lowest BCUT2D eigenvalue weighted by atomic mass is 10.0. The number of aromatic nitrogens is 1. The van der Waals surface area contributed by atoms with Gasteiger partial charge in [-0.05, 0) is 17.5 Å². The van der Waals surface area contributed by atoms with Gasteiger partial charge >= 0.3 is 0 Å². The molecule has 0 bridgehead atoms. The number of hydrogen-bond acceptors (Lipinski definition) is 1. The summed E-state index contributed by atoms with van der Waals surface area (Å²) in [7, 11) is 0. The van der Waals surface area contributed by atoms with Gasteiger partial charge in [0.25, 0.3) is 0 Å². The van der Waals surface area contributed by atoms with Crippen LogP contribution >= 0.6 is 34.8 Å². The first-order valence-corrected chi connectivity index (χ1v) is 6.74. The number of rotatable bonds is 2. The van der Waals surface area contributed by atoms with Crippen LogP contribution in [-0.4, -0.2) is 4.98 Å². The fourth-order valence-electron chi connectivity index (χ4n) is 1.67.